The van der Waals surface area contributed by atoms with Gasteiger partial charge in [-0.25, -0.2) is 0 Å². The lowest BCUT2D eigenvalue weighted by molar-refractivity contribution is 0.169. The van der Waals surface area contributed by atoms with Gasteiger partial charge in [-0.2, -0.15) is 0 Å². The summed E-state index contributed by atoms with van der Waals surface area (Å²) >= 11 is 5.99. The van der Waals surface area contributed by atoms with Crippen LogP contribution in [0.15, 0.2) is 18.2 Å². The standard InChI is InChI=1S/C12H13ClO/c1-3-4-5-12(14)10-7-6-9(2)8-11(10)13/h1,6-8,12,14H,4-5H2,2H3. The molecule has 0 radical (unpaired) electrons. The summed E-state index contributed by atoms with van der Waals surface area (Å²) in [5, 5.41) is 10.3. The first-order valence-corrected chi connectivity index (χ1v) is 4.90. The molecule has 0 aliphatic carbocycles. The third-order valence-corrected chi connectivity index (χ3v) is 2.40. The molecule has 74 valence electrons. The van der Waals surface area contributed by atoms with Crippen molar-refractivity contribution in [3.05, 3.63) is 34.3 Å². The van der Waals surface area contributed by atoms with Crippen molar-refractivity contribution in [2.45, 2.75) is 25.9 Å². The lowest BCUT2D eigenvalue weighted by Gasteiger charge is -2.11. The fraction of sp³-hybridized carbons (Fsp3) is 0.333. The van der Waals surface area contributed by atoms with Gasteiger partial charge in [0.25, 0.3) is 0 Å². The van der Waals surface area contributed by atoms with Gasteiger partial charge in [0.15, 0.2) is 0 Å². The molecule has 0 amide bonds. The Bertz CT molecular complexity index is 352. The lowest BCUT2D eigenvalue weighted by atomic mass is 10.0. The van der Waals surface area contributed by atoms with Crippen LogP contribution in [0, 0.1) is 19.3 Å². The summed E-state index contributed by atoms with van der Waals surface area (Å²) in [4.78, 5) is 0. The summed E-state index contributed by atoms with van der Waals surface area (Å²) in [7, 11) is 0. The van der Waals surface area contributed by atoms with Gasteiger partial charge in [-0.1, -0.05) is 23.7 Å². The predicted octanol–water partition coefficient (Wildman–Crippen LogP) is 3.10. The number of hydrogen-bond acceptors (Lipinski definition) is 1. The van der Waals surface area contributed by atoms with Crippen molar-refractivity contribution < 1.29 is 5.11 Å². The Morgan fingerprint density at radius 3 is 2.86 bits per heavy atom. The normalized spacial score (nSPS) is 12.1. The molecular formula is C12H13ClO. The smallest absolute Gasteiger partial charge is 0.0813 e. The largest absolute Gasteiger partial charge is 0.388 e. The first-order valence-electron chi connectivity index (χ1n) is 4.52. The van der Waals surface area contributed by atoms with Crippen LogP contribution in [0.25, 0.3) is 0 Å². The van der Waals surface area contributed by atoms with E-state index < -0.39 is 6.10 Å². The van der Waals surface area contributed by atoms with Gasteiger partial charge >= 0.3 is 0 Å². The van der Waals surface area contributed by atoms with Gasteiger partial charge in [0.2, 0.25) is 0 Å². The van der Waals surface area contributed by atoms with Gasteiger partial charge in [0, 0.05) is 11.4 Å². The van der Waals surface area contributed by atoms with Crippen LogP contribution in [0.3, 0.4) is 0 Å². The highest BCUT2D eigenvalue weighted by Gasteiger charge is 2.10. The number of aliphatic hydroxyl groups is 1. The van der Waals surface area contributed by atoms with Crippen LogP contribution >= 0.6 is 11.6 Å². The van der Waals surface area contributed by atoms with E-state index in [0.29, 0.717) is 17.9 Å². The Balaban J connectivity index is 2.80. The molecular weight excluding hydrogens is 196 g/mol. The van der Waals surface area contributed by atoms with E-state index in [1.807, 2.05) is 25.1 Å². The van der Waals surface area contributed by atoms with E-state index in [-0.39, 0.29) is 0 Å². The van der Waals surface area contributed by atoms with E-state index in [1.54, 1.807) is 0 Å². The topological polar surface area (TPSA) is 20.2 Å². The van der Waals surface area contributed by atoms with Crippen molar-refractivity contribution in [1.29, 1.82) is 0 Å². The van der Waals surface area contributed by atoms with Gasteiger partial charge < -0.3 is 5.11 Å². The van der Waals surface area contributed by atoms with Crippen LogP contribution in [0.4, 0.5) is 0 Å². The highest BCUT2D eigenvalue weighted by Crippen LogP contribution is 2.26. The van der Waals surface area contributed by atoms with Crippen LogP contribution in [-0.4, -0.2) is 5.11 Å². The number of benzene rings is 1. The number of halogens is 1. The fourth-order valence-corrected chi connectivity index (χ4v) is 1.64. The number of aliphatic hydroxyl groups excluding tert-OH is 1. The summed E-state index contributed by atoms with van der Waals surface area (Å²) in [5.74, 6) is 2.50. The minimum Gasteiger partial charge on any atom is -0.388 e. The van der Waals surface area contributed by atoms with Crippen molar-refractivity contribution in [2.24, 2.45) is 0 Å². The second kappa shape index (κ2) is 5.05. The Kier molecular flexibility index (Phi) is 4.00. The average molecular weight is 209 g/mol. The highest BCUT2D eigenvalue weighted by molar-refractivity contribution is 6.31. The predicted molar refractivity (Wildman–Crippen MR) is 59.2 cm³/mol. The van der Waals surface area contributed by atoms with E-state index in [0.717, 1.165) is 11.1 Å². The highest BCUT2D eigenvalue weighted by atomic mass is 35.5. The quantitative estimate of drug-likeness (QED) is 0.757. The minimum atomic E-state index is -0.556. The van der Waals surface area contributed by atoms with Gasteiger partial charge in [-0.3, -0.25) is 0 Å². The molecule has 1 aromatic carbocycles. The Hall–Kier alpha value is -0.970. The maximum Gasteiger partial charge on any atom is 0.0813 e. The van der Waals surface area contributed by atoms with Crippen molar-refractivity contribution >= 4 is 11.6 Å². The Morgan fingerprint density at radius 1 is 1.57 bits per heavy atom. The number of terminal acetylenes is 1. The summed E-state index contributed by atoms with van der Waals surface area (Å²) in [6, 6.07) is 5.62. The van der Waals surface area contributed by atoms with E-state index in [9.17, 15) is 5.11 Å². The summed E-state index contributed by atoms with van der Waals surface area (Å²) in [5.41, 5.74) is 1.84. The molecule has 0 bridgehead atoms. The molecule has 0 spiro atoms. The SMILES string of the molecule is C#CCCC(O)c1ccc(C)cc1Cl. The van der Waals surface area contributed by atoms with Crippen LogP contribution in [0.2, 0.25) is 5.02 Å². The van der Waals surface area contributed by atoms with Crippen LogP contribution in [-0.2, 0) is 0 Å². The van der Waals surface area contributed by atoms with Crippen LogP contribution < -0.4 is 0 Å². The average Bonchev–Trinajstić information content (AvgIpc) is 2.14. The second-order valence-corrected chi connectivity index (χ2v) is 3.69. The molecule has 1 N–H and O–H groups in total. The van der Waals surface area contributed by atoms with Crippen molar-refractivity contribution in [2.75, 3.05) is 0 Å². The van der Waals surface area contributed by atoms with Crippen molar-refractivity contribution in [1.82, 2.24) is 0 Å². The maximum atomic E-state index is 9.74. The van der Waals surface area contributed by atoms with Gasteiger partial charge in [0.05, 0.1) is 6.10 Å². The zero-order valence-electron chi connectivity index (χ0n) is 8.13. The number of rotatable bonds is 3. The summed E-state index contributed by atoms with van der Waals surface area (Å²) in [6.45, 7) is 1.96. The molecule has 0 saturated carbocycles. The van der Waals surface area contributed by atoms with Crippen molar-refractivity contribution in [3.8, 4) is 12.3 Å². The molecule has 2 heteroatoms. The summed E-state index contributed by atoms with van der Waals surface area (Å²) in [6.07, 6.45) is 5.68. The molecule has 1 nitrogen and oxygen atoms in total. The Labute approximate surface area is 89.7 Å². The Morgan fingerprint density at radius 2 is 2.29 bits per heavy atom. The van der Waals surface area contributed by atoms with Crippen molar-refractivity contribution in [3.63, 3.8) is 0 Å². The molecule has 1 aromatic rings. The first kappa shape index (κ1) is 11.1. The molecule has 0 heterocycles. The van der Waals surface area contributed by atoms with E-state index in [2.05, 4.69) is 5.92 Å². The monoisotopic (exact) mass is 208 g/mol. The minimum absolute atomic E-state index is 0.555. The van der Waals surface area contributed by atoms with E-state index >= 15 is 0 Å². The molecule has 0 fully saturated rings. The van der Waals surface area contributed by atoms with Gasteiger partial charge in [-0.05, 0) is 30.5 Å². The third-order valence-electron chi connectivity index (χ3n) is 2.08. The molecule has 0 aliphatic rings. The third kappa shape index (κ3) is 2.77. The van der Waals surface area contributed by atoms with Gasteiger partial charge in [-0.15, -0.1) is 12.3 Å². The molecule has 14 heavy (non-hydrogen) atoms. The second-order valence-electron chi connectivity index (χ2n) is 3.28. The zero-order valence-corrected chi connectivity index (χ0v) is 8.88. The number of hydrogen-bond donors (Lipinski definition) is 1. The number of aryl methyl sites for hydroxylation is 1. The molecule has 0 aliphatic heterocycles. The first-order chi connectivity index (χ1) is 6.65. The molecule has 0 saturated heterocycles. The zero-order chi connectivity index (χ0) is 10.6. The fourth-order valence-electron chi connectivity index (χ4n) is 1.28. The molecule has 1 unspecified atom stereocenters. The van der Waals surface area contributed by atoms with Crippen LogP contribution in [0.5, 0.6) is 0 Å². The summed E-state index contributed by atoms with van der Waals surface area (Å²) < 4.78 is 0. The van der Waals surface area contributed by atoms with Crippen LogP contribution in [0.1, 0.15) is 30.1 Å². The van der Waals surface area contributed by atoms with E-state index in [1.165, 1.54) is 0 Å². The van der Waals surface area contributed by atoms with Gasteiger partial charge in [0.1, 0.15) is 0 Å². The maximum absolute atomic E-state index is 9.74. The molecule has 1 atom stereocenters. The van der Waals surface area contributed by atoms with E-state index in [4.69, 9.17) is 18.0 Å². The molecule has 0 aromatic heterocycles. The molecule has 1 rings (SSSR count). The lowest BCUT2D eigenvalue weighted by Crippen LogP contribution is -1.98.